The van der Waals surface area contributed by atoms with E-state index in [1.54, 1.807) is 4.57 Å². The lowest BCUT2D eigenvalue weighted by atomic mass is 10.1. The lowest BCUT2D eigenvalue weighted by molar-refractivity contribution is 0.174. The van der Waals surface area contributed by atoms with E-state index in [1.807, 2.05) is 30.5 Å². The smallest absolute Gasteiger partial charge is 0.418 e. The molecular formula is C12H13NO2. The molecule has 15 heavy (non-hydrogen) atoms. The normalized spacial score (nSPS) is 10.5. The van der Waals surface area contributed by atoms with Gasteiger partial charge in [-0.15, -0.1) is 0 Å². The van der Waals surface area contributed by atoms with Gasteiger partial charge in [0.1, 0.15) is 0 Å². The largest absolute Gasteiger partial charge is 0.452 e. The predicted molar refractivity (Wildman–Crippen MR) is 59.1 cm³/mol. The van der Waals surface area contributed by atoms with Crippen LogP contribution in [0.15, 0.2) is 30.5 Å². The molecule has 0 aliphatic rings. The van der Waals surface area contributed by atoms with Crippen molar-refractivity contribution in [3.05, 3.63) is 36.0 Å². The summed E-state index contributed by atoms with van der Waals surface area (Å²) in [5.74, 6) is 0. The van der Waals surface area contributed by atoms with Gasteiger partial charge in [-0.3, -0.25) is 4.57 Å². The van der Waals surface area contributed by atoms with E-state index in [9.17, 15) is 4.79 Å². The average molecular weight is 203 g/mol. The molecule has 1 aromatic carbocycles. The Hall–Kier alpha value is -1.77. The molecule has 0 bridgehead atoms. The minimum Gasteiger partial charge on any atom is -0.452 e. The summed E-state index contributed by atoms with van der Waals surface area (Å²) in [6, 6.07) is 7.84. The van der Waals surface area contributed by atoms with Gasteiger partial charge in [-0.1, -0.05) is 25.1 Å². The molecule has 0 amide bonds. The van der Waals surface area contributed by atoms with Crippen LogP contribution in [-0.4, -0.2) is 17.8 Å². The van der Waals surface area contributed by atoms with Crippen LogP contribution in [0.4, 0.5) is 4.79 Å². The van der Waals surface area contributed by atoms with E-state index in [0.717, 1.165) is 22.9 Å². The SMILES string of the molecule is CCc1cn(C(=O)OC)c2ccccc12. The fourth-order valence-corrected chi connectivity index (χ4v) is 1.78. The summed E-state index contributed by atoms with van der Waals surface area (Å²) in [5, 5.41) is 1.12. The van der Waals surface area contributed by atoms with Crippen LogP contribution in [0, 0.1) is 0 Å². The van der Waals surface area contributed by atoms with Crippen LogP contribution in [0.2, 0.25) is 0 Å². The number of para-hydroxylation sites is 1. The second-order valence-corrected chi connectivity index (χ2v) is 3.37. The quantitative estimate of drug-likeness (QED) is 0.713. The molecule has 0 spiro atoms. The van der Waals surface area contributed by atoms with Crippen LogP contribution in [0.25, 0.3) is 10.9 Å². The van der Waals surface area contributed by atoms with Crippen LogP contribution in [0.1, 0.15) is 12.5 Å². The molecule has 2 aromatic rings. The van der Waals surface area contributed by atoms with E-state index in [0.29, 0.717) is 0 Å². The van der Waals surface area contributed by atoms with Crippen LogP contribution in [-0.2, 0) is 11.2 Å². The van der Waals surface area contributed by atoms with Gasteiger partial charge in [-0.05, 0) is 18.1 Å². The topological polar surface area (TPSA) is 31.2 Å². The fraction of sp³-hybridized carbons (Fsp3) is 0.250. The van der Waals surface area contributed by atoms with E-state index < -0.39 is 0 Å². The molecule has 3 heteroatoms. The van der Waals surface area contributed by atoms with Crippen LogP contribution in [0.5, 0.6) is 0 Å². The molecule has 0 atom stereocenters. The van der Waals surface area contributed by atoms with E-state index in [1.165, 1.54) is 7.11 Å². The molecule has 2 rings (SSSR count). The number of aryl methyl sites for hydroxylation is 1. The van der Waals surface area contributed by atoms with Crippen molar-refractivity contribution < 1.29 is 9.53 Å². The van der Waals surface area contributed by atoms with Crippen LogP contribution in [0.3, 0.4) is 0 Å². The monoisotopic (exact) mass is 203 g/mol. The van der Waals surface area contributed by atoms with E-state index >= 15 is 0 Å². The highest BCUT2D eigenvalue weighted by Gasteiger charge is 2.11. The summed E-state index contributed by atoms with van der Waals surface area (Å²) in [7, 11) is 1.39. The van der Waals surface area contributed by atoms with Crippen molar-refractivity contribution in [3.63, 3.8) is 0 Å². The maximum atomic E-state index is 11.5. The Balaban J connectivity index is 2.70. The number of hydrogen-bond acceptors (Lipinski definition) is 2. The second-order valence-electron chi connectivity index (χ2n) is 3.37. The zero-order valence-electron chi connectivity index (χ0n) is 8.86. The number of methoxy groups -OCH3 is 1. The first kappa shape index (κ1) is 9.77. The van der Waals surface area contributed by atoms with Gasteiger partial charge in [0, 0.05) is 11.6 Å². The first-order valence-corrected chi connectivity index (χ1v) is 4.95. The molecule has 0 saturated carbocycles. The molecule has 3 nitrogen and oxygen atoms in total. The number of fused-ring (bicyclic) bond motifs is 1. The summed E-state index contributed by atoms with van der Waals surface area (Å²) in [6.07, 6.45) is 2.41. The third-order valence-corrected chi connectivity index (χ3v) is 2.55. The maximum Gasteiger partial charge on any atom is 0.418 e. The Morgan fingerprint density at radius 1 is 1.40 bits per heavy atom. The first-order chi connectivity index (χ1) is 7.27. The van der Waals surface area contributed by atoms with Crippen molar-refractivity contribution in [1.29, 1.82) is 0 Å². The predicted octanol–water partition coefficient (Wildman–Crippen LogP) is 2.82. The fourth-order valence-electron chi connectivity index (χ4n) is 1.78. The Kier molecular flexibility index (Phi) is 2.46. The summed E-state index contributed by atoms with van der Waals surface area (Å²) < 4.78 is 6.28. The lowest BCUT2D eigenvalue weighted by Gasteiger charge is -2.00. The average Bonchev–Trinajstić information content (AvgIpc) is 2.67. The van der Waals surface area contributed by atoms with Crippen molar-refractivity contribution in [2.45, 2.75) is 13.3 Å². The number of aromatic nitrogens is 1. The molecule has 1 aromatic heterocycles. The second kappa shape index (κ2) is 3.77. The number of hydrogen-bond donors (Lipinski definition) is 0. The molecule has 78 valence electrons. The molecule has 0 fully saturated rings. The zero-order chi connectivity index (χ0) is 10.8. The summed E-state index contributed by atoms with van der Waals surface area (Å²) in [4.78, 5) is 11.5. The van der Waals surface area contributed by atoms with Gasteiger partial charge in [-0.2, -0.15) is 0 Å². The number of carbonyl (C=O) groups excluding carboxylic acids is 1. The molecule has 0 N–H and O–H groups in total. The van der Waals surface area contributed by atoms with Crippen LogP contribution >= 0.6 is 0 Å². The molecule has 0 aliphatic heterocycles. The Bertz CT molecular complexity index is 499. The Morgan fingerprint density at radius 3 is 2.80 bits per heavy atom. The number of ether oxygens (including phenoxy) is 1. The van der Waals surface area contributed by atoms with Gasteiger partial charge in [0.15, 0.2) is 0 Å². The van der Waals surface area contributed by atoms with Gasteiger partial charge >= 0.3 is 6.09 Å². The highest BCUT2D eigenvalue weighted by molar-refractivity contribution is 5.91. The number of benzene rings is 1. The van der Waals surface area contributed by atoms with Crippen LogP contribution < -0.4 is 0 Å². The van der Waals surface area contributed by atoms with E-state index in [4.69, 9.17) is 4.74 Å². The van der Waals surface area contributed by atoms with Gasteiger partial charge in [0.25, 0.3) is 0 Å². The third kappa shape index (κ3) is 1.50. The Labute approximate surface area is 88.3 Å². The molecular weight excluding hydrogens is 190 g/mol. The third-order valence-electron chi connectivity index (χ3n) is 2.55. The molecule has 0 radical (unpaired) electrons. The lowest BCUT2D eigenvalue weighted by Crippen LogP contribution is -2.09. The van der Waals surface area contributed by atoms with E-state index in [2.05, 4.69) is 6.92 Å². The van der Waals surface area contributed by atoms with Gasteiger partial charge in [0.05, 0.1) is 12.6 Å². The summed E-state index contributed by atoms with van der Waals surface area (Å²) >= 11 is 0. The molecule has 0 unspecified atom stereocenters. The van der Waals surface area contributed by atoms with Gasteiger partial charge in [0.2, 0.25) is 0 Å². The van der Waals surface area contributed by atoms with Gasteiger partial charge < -0.3 is 4.74 Å². The van der Waals surface area contributed by atoms with Crippen molar-refractivity contribution in [2.24, 2.45) is 0 Å². The number of rotatable bonds is 1. The van der Waals surface area contributed by atoms with Crippen molar-refractivity contribution in [2.75, 3.05) is 7.11 Å². The zero-order valence-corrected chi connectivity index (χ0v) is 8.86. The minimum absolute atomic E-state index is 0.342. The highest BCUT2D eigenvalue weighted by Crippen LogP contribution is 2.21. The number of nitrogens with zero attached hydrogens (tertiary/aromatic N) is 1. The molecule has 0 aliphatic carbocycles. The number of carbonyl (C=O) groups is 1. The Morgan fingerprint density at radius 2 is 2.13 bits per heavy atom. The summed E-state index contributed by atoms with van der Waals surface area (Å²) in [6.45, 7) is 2.07. The summed E-state index contributed by atoms with van der Waals surface area (Å²) in [5.41, 5.74) is 2.07. The standard InChI is InChI=1S/C12H13NO2/c1-3-9-8-13(12(14)15-2)11-7-5-4-6-10(9)11/h4-8H,3H2,1-2H3. The minimum atomic E-state index is -0.342. The maximum absolute atomic E-state index is 11.5. The van der Waals surface area contributed by atoms with Crippen molar-refractivity contribution in [1.82, 2.24) is 4.57 Å². The van der Waals surface area contributed by atoms with E-state index in [-0.39, 0.29) is 6.09 Å². The molecule has 0 saturated heterocycles. The highest BCUT2D eigenvalue weighted by atomic mass is 16.5. The van der Waals surface area contributed by atoms with Crippen molar-refractivity contribution >= 4 is 17.0 Å². The molecule has 1 heterocycles. The first-order valence-electron chi connectivity index (χ1n) is 4.95. The van der Waals surface area contributed by atoms with Crippen molar-refractivity contribution in [3.8, 4) is 0 Å². The van der Waals surface area contributed by atoms with Gasteiger partial charge in [-0.25, -0.2) is 4.79 Å².